The molecule has 3 nitrogen and oxygen atoms in total. The van der Waals surface area contributed by atoms with Gasteiger partial charge in [-0.25, -0.2) is 4.98 Å². The second-order valence-corrected chi connectivity index (χ2v) is 3.24. The first-order valence-corrected chi connectivity index (χ1v) is 4.20. The third-order valence-corrected chi connectivity index (χ3v) is 2.16. The zero-order chi connectivity index (χ0) is 8.55. The van der Waals surface area contributed by atoms with Crippen LogP contribution in [0.3, 0.4) is 0 Å². The first kappa shape index (κ1) is 7.49. The highest BCUT2D eigenvalue weighted by atomic mass is 79.9. The lowest BCUT2D eigenvalue weighted by molar-refractivity contribution is 1.22. The normalized spacial score (nSPS) is 10.4. The van der Waals surface area contributed by atoms with Gasteiger partial charge in [0.2, 0.25) is 0 Å². The van der Waals surface area contributed by atoms with E-state index in [1.807, 2.05) is 12.1 Å². The van der Waals surface area contributed by atoms with E-state index in [4.69, 9.17) is 0 Å². The second-order valence-electron chi connectivity index (χ2n) is 2.39. The molecule has 0 saturated carbocycles. The van der Waals surface area contributed by atoms with Crippen molar-refractivity contribution in [3.63, 3.8) is 0 Å². The fourth-order valence-corrected chi connectivity index (χ4v) is 1.35. The molecule has 0 aliphatic heterocycles. The number of halogens is 1. The summed E-state index contributed by atoms with van der Waals surface area (Å²) in [6.45, 7) is 0. The number of hydrogen-bond acceptors (Lipinski definition) is 2. The molecule has 0 saturated heterocycles. The minimum Gasteiger partial charge on any atom is -0.306 e. The largest absolute Gasteiger partial charge is 0.306 e. The summed E-state index contributed by atoms with van der Waals surface area (Å²) in [6.07, 6.45) is 1.65. The van der Waals surface area contributed by atoms with Crippen LogP contribution in [0.1, 0.15) is 0 Å². The van der Waals surface area contributed by atoms with E-state index < -0.39 is 0 Å². The van der Waals surface area contributed by atoms with Crippen LogP contribution >= 0.6 is 15.9 Å². The van der Waals surface area contributed by atoms with Crippen LogP contribution in [0.4, 0.5) is 0 Å². The number of fused-ring (bicyclic) bond motifs is 1. The fourth-order valence-electron chi connectivity index (χ4n) is 1.01. The molecule has 0 spiro atoms. The lowest BCUT2D eigenvalue weighted by Crippen LogP contribution is -2.06. The lowest BCUT2D eigenvalue weighted by atomic mass is 10.3. The Morgan fingerprint density at radius 1 is 1.50 bits per heavy atom. The van der Waals surface area contributed by atoms with Crippen LogP contribution < -0.4 is 5.56 Å². The van der Waals surface area contributed by atoms with Gasteiger partial charge < -0.3 is 4.98 Å². The molecule has 1 N–H and O–H groups in total. The van der Waals surface area contributed by atoms with Crippen molar-refractivity contribution in [1.29, 1.82) is 0 Å². The van der Waals surface area contributed by atoms with Gasteiger partial charge in [0.1, 0.15) is 5.65 Å². The van der Waals surface area contributed by atoms with Crippen molar-refractivity contribution in [2.45, 2.75) is 0 Å². The number of pyridine rings is 2. The van der Waals surface area contributed by atoms with Gasteiger partial charge in [0.05, 0.1) is 4.47 Å². The van der Waals surface area contributed by atoms with Crippen LogP contribution in [0.25, 0.3) is 11.0 Å². The maximum atomic E-state index is 11.1. The van der Waals surface area contributed by atoms with Crippen molar-refractivity contribution in [2.24, 2.45) is 0 Å². The Kier molecular flexibility index (Phi) is 1.69. The quantitative estimate of drug-likeness (QED) is 0.741. The third kappa shape index (κ3) is 1.14. The average Bonchev–Trinajstić information content (AvgIpc) is 2.07. The molecular weight excluding hydrogens is 220 g/mol. The molecule has 2 aromatic heterocycles. The molecule has 4 heteroatoms. The highest BCUT2D eigenvalue weighted by Crippen LogP contribution is 2.10. The van der Waals surface area contributed by atoms with Crippen LogP contribution in [0.5, 0.6) is 0 Å². The summed E-state index contributed by atoms with van der Waals surface area (Å²) in [7, 11) is 0. The Morgan fingerprint density at radius 2 is 2.33 bits per heavy atom. The van der Waals surface area contributed by atoms with Crippen molar-refractivity contribution in [2.75, 3.05) is 0 Å². The molecule has 0 aliphatic carbocycles. The first-order chi connectivity index (χ1) is 5.77. The molecular formula is C8H5BrN2O. The number of aromatic amines is 1. The molecule has 12 heavy (non-hydrogen) atoms. The van der Waals surface area contributed by atoms with Crippen LogP contribution in [0.2, 0.25) is 0 Å². The van der Waals surface area contributed by atoms with E-state index in [-0.39, 0.29) is 5.56 Å². The van der Waals surface area contributed by atoms with Gasteiger partial charge in [0.25, 0.3) is 5.56 Å². The average molecular weight is 225 g/mol. The topological polar surface area (TPSA) is 45.8 Å². The first-order valence-electron chi connectivity index (χ1n) is 3.41. The van der Waals surface area contributed by atoms with Gasteiger partial charge in [0, 0.05) is 11.6 Å². The number of nitrogens with zero attached hydrogens (tertiary/aromatic N) is 1. The van der Waals surface area contributed by atoms with Crippen LogP contribution in [0.15, 0.2) is 33.7 Å². The van der Waals surface area contributed by atoms with E-state index in [0.717, 1.165) is 5.39 Å². The molecule has 0 fully saturated rings. The van der Waals surface area contributed by atoms with Gasteiger partial charge in [-0.05, 0) is 34.1 Å². The van der Waals surface area contributed by atoms with Gasteiger partial charge in [-0.15, -0.1) is 0 Å². The Hall–Kier alpha value is -1.16. The number of aromatic nitrogens is 2. The van der Waals surface area contributed by atoms with Crippen molar-refractivity contribution >= 4 is 27.0 Å². The van der Waals surface area contributed by atoms with E-state index >= 15 is 0 Å². The van der Waals surface area contributed by atoms with E-state index in [9.17, 15) is 4.79 Å². The Bertz CT molecular complexity index is 478. The summed E-state index contributed by atoms with van der Waals surface area (Å²) in [4.78, 5) is 17.7. The zero-order valence-corrected chi connectivity index (χ0v) is 7.63. The van der Waals surface area contributed by atoms with E-state index in [2.05, 4.69) is 25.9 Å². The predicted octanol–water partition coefficient (Wildman–Crippen LogP) is 1.69. The SMILES string of the molecule is O=c1[nH]c2ncccc2cc1Br. The Balaban J connectivity index is 2.93. The molecule has 0 radical (unpaired) electrons. The van der Waals surface area contributed by atoms with Gasteiger partial charge in [-0.1, -0.05) is 0 Å². The smallest absolute Gasteiger partial charge is 0.263 e. The van der Waals surface area contributed by atoms with Crippen molar-refractivity contribution in [3.05, 3.63) is 39.2 Å². The van der Waals surface area contributed by atoms with Crippen LogP contribution in [0, 0.1) is 0 Å². The van der Waals surface area contributed by atoms with E-state index in [1.54, 1.807) is 12.3 Å². The summed E-state index contributed by atoms with van der Waals surface area (Å²) in [5.41, 5.74) is 0.465. The number of nitrogens with one attached hydrogen (secondary N) is 1. The van der Waals surface area contributed by atoms with Gasteiger partial charge >= 0.3 is 0 Å². The minimum absolute atomic E-state index is 0.152. The molecule has 0 amide bonds. The van der Waals surface area contributed by atoms with E-state index in [0.29, 0.717) is 10.1 Å². The van der Waals surface area contributed by atoms with Gasteiger partial charge in [-0.3, -0.25) is 4.79 Å². The van der Waals surface area contributed by atoms with Crippen LogP contribution in [-0.2, 0) is 0 Å². The summed E-state index contributed by atoms with van der Waals surface area (Å²) in [5.74, 6) is 0. The molecule has 0 atom stereocenters. The maximum absolute atomic E-state index is 11.1. The molecule has 0 aromatic carbocycles. The summed E-state index contributed by atoms with van der Waals surface area (Å²) >= 11 is 3.14. The third-order valence-electron chi connectivity index (χ3n) is 1.57. The number of H-pyrrole nitrogens is 1. The fraction of sp³-hybridized carbons (Fsp3) is 0. The Labute approximate surface area is 76.6 Å². The monoisotopic (exact) mass is 224 g/mol. The zero-order valence-electron chi connectivity index (χ0n) is 6.04. The summed E-state index contributed by atoms with van der Waals surface area (Å²) in [6, 6.07) is 5.47. The highest BCUT2D eigenvalue weighted by molar-refractivity contribution is 9.10. The summed E-state index contributed by atoms with van der Waals surface area (Å²) < 4.78 is 0.531. The van der Waals surface area contributed by atoms with E-state index in [1.165, 1.54) is 0 Å². The number of hydrogen-bond donors (Lipinski definition) is 1. The number of rotatable bonds is 0. The molecule has 0 bridgehead atoms. The van der Waals surface area contributed by atoms with Crippen molar-refractivity contribution in [3.8, 4) is 0 Å². The highest BCUT2D eigenvalue weighted by Gasteiger charge is 1.98. The maximum Gasteiger partial charge on any atom is 0.263 e. The Morgan fingerprint density at radius 3 is 3.17 bits per heavy atom. The summed E-state index contributed by atoms with van der Waals surface area (Å²) in [5, 5.41) is 0.920. The predicted molar refractivity (Wildman–Crippen MR) is 50.1 cm³/mol. The van der Waals surface area contributed by atoms with Gasteiger partial charge in [-0.2, -0.15) is 0 Å². The molecule has 2 aromatic rings. The van der Waals surface area contributed by atoms with Crippen molar-refractivity contribution < 1.29 is 0 Å². The molecule has 60 valence electrons. The molecule has 2 heterocycles. The molecule has 0 unspecified atom stereocenters. The minimum atomic E-state index is -0.152. The van der Waals surface area contributed by atoms with Crippen LogP contribution in [-0.4, -0.2) is 9.97 Å². The lowest BCUT2D eigenvalue weighted by Gasteiger charge is -1.95. The van der Waals surface area contributed by atoms with Crippen molar-refractivity contribution in [1.82, 2.24) is 9.97 Å². The second kappa shape index (κ2) is 2.71. The van der Waals surface area contributed by atoms with Gasteiger partial charge in [0.15, 0.2) is 0 Å². The molecule has 0 aliphatic rings. The standard InChI is InChI=1S/C8H5BrN2O/c9-6-4-5-2-1-3-10-7(5)11-8(6)12/h1-4H,(H,10,11,12). The molecule has 2 rings (SSSR count).